The van der Waals surface area contributed by atoms with E-state index in [2.05, 4.69) is 44.3 Å². The summed E-state index contributed by atoms with van der Waals surface area (Å²) >= 11 is 52.5. The van der Waals surface area contributed by atoms with Gasteiger partial charge in [-0.1, -0.05) is 40.2 Å². The average molecular weight is 695 g/mol. The highest BCUT2D eigenvalue weighted by atomic mass is 35.8. The van der Waals surface area contributed by atoms with Crippen molar-refractivity contribution in [2.24, 2.45) is 0 Å². The molecule has 0 fully saturated rings. The summed E-state index contributed by atoms with van der Waals surface area (Å²) in [7, 11) is -3.00. The first-order valence-electron chi connectivity index (χ1n) is 6.90. The van der Waals surface area contributed by atoms with Crippen LogP contribution in [-0.4, -0.2) is 53.0 Å². The lowest BCUT2D eigenvalue weighted by molar-refractivity contribution is 1.87. The lowest BCUT2D eigenvalue weighted by atomic mass is 11.8. The van der Waals surface area contributed by atoms with Gasteiger partial charge in [-0.2, -0.15) is 44.3 Å². The summed E-state index contributed by atoms with van der Waals surface area (Å²) in [6, 6.07) is -2.19. The average Bonchev–Trinajstić information content (AvgIpc) is 2.08. The maximum Gasteiger partial charge on any atom is 0.338 e. The van der Waals surface area contributed by atoms with Crippen molar-refractivity contribution in [2.75, 3.05) is 6.38 Å². The highest BCUT2D eigenvalue weighted by molar-refractivity contribution is 7.64. The quantitative estimate of drug-likeness (QED) is 0.135. The van der Waals surface area contributed by atoms with Crippen molar-refractivity contribution < 1.29 is 0 Å². The molecule has 0 aliphatic heterocycles. The minimum absolute atomic E-state index is 0. The van der Waals surface area contributed by atoms with Crippen LogP contribution in [0, 0.1) is 0 Å². The largest absolute Gasteiger partial charge is 0.338 e. The van der Waals surface area contributed by atoms with E-state index in [9.17, 15) is 0 Å². The van der Waals surface area contributed by atoms with E-state index in [0.717, 1.165) is 0 Å². The van der Waals surface area contributed by atoms with Crippen molar-refractivity contribution in [3.8, 4) is 0 Å². The second-order valence-corrected chi connectivity index (χ2v) is 42.5. The third-order valence-electron chi connectivity index (χ3n) is 0. The Balaban J connectivity index is -0.0000000268. The predicted molar refractivity (Wildman–Crippen MR) is 167 cm³/mol. The van der Waals surface area contributed by atoms with E-state index in [1.54, 1.807) is 6.55 Å². The summed E-state index contributed by atoms with van der Waals surface area (Å²) in [6.45, 7) is 15.9. The maximum atomic E-state index is 5.67. The summed E-state index contributed by atoms with van der Waals surface area (Å²) in [5, 5.41) is 0. The molecule has 0 aliphatic rings. The van der Waals surface area contributed by atoms with Gasteiger partial charge in [0.15, 0.2) is 0 Å². The van der Waals surface area contributed by atoms with Crippen LogP contribution >= 0.6 is 111 Å². The summed E-state index contributed by atoms with van der Waals surface area (Å²) in [5.74, 6) is 0. The van der Waals surface area contributed by atoms with Crippen LogP contribution in [0.15, 0.2) is 0 Å². The van der Waals surface area contributed by atoms with Crippen molar-refractivity contribution in [1.29, 1.82) is 0 Å². The zero-order chi connectivity index (χ0) is 22.7. The fraction of sp³-hybridized carbons (Fsp3) is 1.00. The Morgan fingerprint density at radius 1 is 0.593 bits per heavy atom. The minimum atomic E-state index is -2.19. The third kappa shape index (κ3) is 1360. The molecular weight excluding hydrogens is 655 g/mol. The second kappa shape index (κ2) is 32.4. The smallest absolute Gasteiger partial charge is 0.172 e. The Morgan fingerprint density at radius 2 is 0.593 bits per heavy atom. The van der Waals surface area contributed by atoms with Crippen LogP contribution in [0.4, 0.5) is 0 Å². The molecule has 0 saturated heterocycles. The van der Waals surface area contributed by atoms with Crippen molar-refractivity contribution >= 4 is 158 Å². The van der Waals surface area contributed by atoms with Gasteiger partial charge in [0.1, 0.15) is 15.5 Å². The van der Waals surface area contributed by atoms with E-state index >= 15 is 0 Å². The number of hydrogen-bond acceptors (Lipinski definition) is 0. The van der Waals surface area contributed by atoms with E-state index in [1.165, 1.54) is 6.38 Å². The molecule has 0 spiro atoms. The first-order valence-corrected chi connectivity index (χ1v) is 31.4. The zero-order valence-electron chi connectivity index (χ0n) is 16.4. The van der Waals surface area contributed by atoms with Crippen molar-refractivity contribution in [3.05, 3.63) is 0 Å². The number of hydrogen-bond donors (Lipinski definition) is 0. The van der Waals surface area contributed by atoms with E-state index in [1.807, 2.05) is 19.6 Å². The molecule has 0 heterocycles. The second-order valence-electron chi connectivity index (χ2n) is 5.71. The number of alkyl halides is 1. The van der Waals surface area contributed by atoms with Crippen molar-refractivity contribution in [2.45, 2.75) is 66.3 Å². The first kappa shape index (κ1) is 52.9. The van der Waals surface area contributed by atoms with Gasteiger partial charge in [0.05, 0.1) is 0 Å². The van der Waals surface area contributed by atoms with E-state index < -0.39 is 35.6 Å². The van der Waals surface area contributed by atoms with Crippen LogP contribution in [0.5, 0.6) is 0 Å². The van der Waals surface area contributed by atoms with Gasteiger partial charge in [0.2, 0.25) is 14.1 Å². The van der Waals surface area contributed by atoms with Crippen LogP contribution in [0.1, 0.15) is 7.43 Å². The van der Waals surface area contributed by atoms with Crippen LogP contribution < -0.4 is 0 Å². The molecule has 16 heteroatoms. The molecule has 0 saturated carbocycles. The topological polar surface area (TPSA) is 0 Å². The molecule has 0 atom stereocenters. The van der Waals surface area contributed by atoms with Gasteiger partial charge < -0.3 is 0 Å². The highest BCUT2D eigenvalue weighted by Crippen LogP contribution is 2.17. The van der Waals surface area contributed by atoms with Crippen LogP contribution in [0.25, 0.3) is 0 Å². The SMILES string of the molecule is C.CCl.C[SiH](C)Cl.C[SiH](Cl)Cl.C[Si](C)(C)Cl.C[Si](C)(Cl)Cl.C[Si](Cl)(Cl)Cl.[SiH4]. The minimum Gasteiger partial charge on any atom is -0.172 e. The van der Waals surface area contributed by atoms with Gasteiger partial charge in [-0.05, 0) is 37.2 Å². The first-order chi connectivity index (χ1) is 10.5. The number of rotatable bonds is 0. The molecule has 178 valence electrons. The Hall–Kier alpha value is 4.20. The molecule has 0 aromatic carbocycles. The third-order valence-corrected chi connectivity index (χ3v) is 0. The number of halogens is 10. The predicted octanol–water partition coefficient (Wildman–Crippen LogP) is 9.06. The zero-order valence-corrected chi connectivity index (χ0v) is 29.3. The van der Waals surface area contributed by atoms with Gasteiger partial charge in [0.25, 0.3) is 0 Å². The summed E-state index contributed by atoms with van der Waals surface area (Å²) < 4.78 is 0. The van der Waals surface area contributed by atoms with Crippen LogP contribution in [0.3, 0.4) is 0 Å². The van der Waals surface area contributed by atoms with E-state index in [4.69, 9.17) is 99.7 Å². The lowest BCUT2D eigenvalue weighted by Crippen LogP contribution is -2.06. The Morgan fingerprint density at radius 3 is 0.593 bits per heavy atom. The van der Waals surface area contributed by atoms with E-state index in [0.29, 0.717) is 0 Å². The van der Waals surface area contributed by atoms with Crippen molar-refractivity contribution in [1.82, 2.24) is 0 Å². The monoisotopic (exact) mass is 690 g/mol. The van der Waals surface area contributed by atoms with Crippen LogP contribution in [-0.2, 0) is 0 Å². The molecule has 0 aromatic heterocycles. The molecule has 0 rings (SSSR count). The fourth-order valence-corrected chi connectivity index (χ4v) is 0. The lowest BCUT2D eigenvalue weighted by Gasteiger charge is -1.97. The molecule has 0 aromatic rings. The maximum absolute atomic E-state index is 5.67. The van der Waals surface area contributed by atoms with E-state index in [-0.39, 0.29) is 18.4 Å². The molecule has 27 heavy (non-hydrogen) atoms. The Bertz CT molecular complexity index is 171. The summed E-state index contributed by atoms with van der Waals surface area (Å²) in [5.41, 5.74) is 0. The molecule has 0 unspecified atom stereocenters. The van der Waals surface area contributed by atoms with Crippen LogP contribution in [0.2, 0.25) is 58.9 Å². The molecule has 0 radical (unpaired) electrons. The molecule has 0 aliphatic carbocycles. The van der Waals surface area contributed by atoms with Gasteiger partial charge in [-0.15, -0.1) is 67.0 Å². The summed E-state index contributed by atoms with van der Waals surface area (Å²) in [6.07, 6.45) is 1.47. The molecular formula is C11H40Cl10Si6. The van der Waals surface area contributed by atoms with Gasteiger partial charge >= 0.3 is 6.00 Å². The van der Waals surface area contributed by atoms with Crippen molar-refractivity contribution in [3.63, 3.8) is 0 Å². The van der Waals surface area contributed by atoms with Gasteiger partial charge in [-0.3, -0.25) is 0 Å². The Labute approximate surface area is 228 Å². The standard InChI is InChI=1S/C3H9ClSi.C2H6Cl2Si.C2H7ClSi.CH3Cl3Si.CH4Cl2Si.CH3Cl.CH4.H4Si/c2*1-5(2,3)4;1-4(2)3;1-5(2,3)4;1-4(2)3;1-2;;/h1-3H3;1-2H3;4H,1-2H3;1H3;4H,1H3;1H3;2*1H4. The molecule has 0 nitrogen and oxygen atoms in total. The fourth-order valence-electron chi connectivity index (χ4n) is 0. The Kier molecular flexibility index (Phi) is 63.4. The van der Waals surface area contributed by atoms with Gasteiger partial charge in [0, 0.05) is 6.38 Å². The highest BCUT2D eigenvalue weighted by Gasteiger charge is 2.13. The molecule has 0 amide bonds. The molecule has 0 bridgehead atoms. The normalized spacial score (nSPS) is 9.56. The summed E-state index contributed by atoms with van der Waals surface area (Å²) in [4.78, 5) is 0. The molecule has 0 N–H and O–H groups in total. The van der Waals surface area contributed by atoms with Gasteiger partial charge in [-0.25, -0.2) is 0 Å².